The van der Waals surface area contributed by atoms with E-state index in [0.29, 0.717) is 24.4 Å². The van der Waals surface area contributed by atoms with Crippen molar-refractivity contribution in [3.8, 4) is 5.75 Å². The van der Waals surface area contributed by atoms with Crippen molar-refractivity contribution in [3.05, 3.63) is 46.8 Å². The van der Waals surface area contributed by atoms with Crippen molar-refractivity contribution >= 4 is 5.91 Å². The Morgan fingerprint density at radius 3 is 2.69 bits per heavy atom. The number of phenolic OH excluding ortho intramolecular Hbond substituents is 1. The van der Waals surface area contributed by atoms with Gasteiger partial charge in [-0.1, -0.05) is 32.9 Å². The highest BCUT2D eigenvalue weighted by molar-refractivity contribution is 5.93. The first-order valence-corrected chi connectivity index (χ1v) is 9.30. The summed E-state index contributed by atoms with van der Waals surface area (Å²) in [5.41, 5.74) is 3.55. The average Bonchev–Trinajstić information content (AvgIpc) is 2.90. The van der Waals surface area contributed by atoms with Crippen molar-refractivity contribution in [2.24, 2.45) is 12.5 Å². The van der Waals surface area contributed by atoms with Gasteiger partial charge in [0.25, 0.3) is 5.91 Å². The summed E-state index contributed by atoms with van der Waals surface area (Å²) >= 11 is 0. The molecule has 1 saturated heterocycles. The Morgan fingerprint density at radius 2 is 2.04 bits per heavy atom. The van der Waals surface area contributed by atoms with E-state index in [1.807, 2.05) is 31.0 Å². The van der Waals surface area contributed by atoms with E-state index in [1.54, 1.807) is 10.7 Å². The minimum absolute atomic E-state index is 0.00676. The smallest absolute Gasteiger partial charge is 0.274 e. The predicted octanol–water partition coefficient (Wildman–Crippen LogP) is 3.19. The standard InChI is InChI=1S/C21H27N3O2/c1-13-11-16(22-23(13)5)19(26)24-10-9-21(4)15-7-6-8-17(25)14(15)12-18(24)20(21,2)3/h6-8,11,18,25H,9-10,12H2,1-5H3/t18-,21-/m0/s1. The number of aromatic hydroxyl groups is 1. The van der Waals surface area contributed by atoms with Crippen LogP contribution < -0.4 is 0 Å². The number of aromatic nitrogens is 2. The van der Waals surface area contributed by atoms with Crippen LogP contribution in [-0.2, 0) is 18.9 Å². The maximum atomic E-state index is 13.2. The van der Waals surface area contributed by atoms with Crippen LogP contribution in [0.25, 0.3) is 0 Å². The van der Waals surface area contributed by atoms with Gasteiger partial charge in [-0.25, -0.2) is 0 Å². The van der Waals surface area contributed by atoms with E-state index in [0.717, 1.165) is 17.7 Å². The minimum atomic E-state index is -0.0917. The summed E-state index contributed by atoms with van der Waals surface area (Å²) in [5, 5.41) is 14.9. The lowest BCUT2D eigenvalue weighted by atomic mass is 9.51. The third-order valence-electron chi connectivity index (χ3n) is 7.22. The van der Waals surface area contributed by atoms with Crippen LogP contribution in [0.4, 0.5) is 0 Å². The van der Waals surface area contributed by atoms with Crippen molar-refractivity contribution in [3.63, 3.8) is 0 Å². The van der Waals surface area contributed by atoms with Crippen molar-refractivity contribution in [1.29, 1.82) is 0 Å². The van der Waals surface area contributed by atoms with E-state index in [4.69, 9.17) is 0 Å². The van der Waals surface area contributed by atoms with Gasteiger partial charge in [0.2, 0.25) is 0 Å². The van der Waals surface area contributed by atoms with Crippen LogP contribution in [-0.4, -0.2) is 38.3 Å². The van der Waals surface area contributed by atoms with Gasteiger partial charge < -0.3 is 10.0 Å². The van der Waals surface area contributed by atoms with Crippen LogP contribution in [0.3, 0.4) is 0 Å². The van der Waals surface area contributed by atoms with Crippen LogP contribution in [0.2, 0.25) is 0 Å². The molecule has 2 aliphatic rings. The summed E-state index contributed by atoms with van der Waals surface area (Å²) in [4.78, 5) is 15.2. The van der Waals surface area contributed by atoms with Gasteiger partial charge in [-0.15, -0.1) is 0 Å². The van der Waals surface area contributed by atoms with Crippen LogP contribution >= 0.6 is 0 Å². The molecule has 1 aromatic carbocycles. The number of phenols is 1. The first kappa shape index (κ1) is 17.1. The lowest BCUT2D eigenvalue weighted by Crippen LogP contribution is -2.64. The van der Waals surface area contributed by atoms with E-state index in [1.165, 1.54) is 5.56 Å². The van der Waals surface area contributed by atoms with Gasteiger partial charge in [0.1, 0.15) is 5.75 Å². The van der Waals surface area contributed by atoms with Gasteiger partial charge in [-0.05, 0) is 48.4 Å². The van der Waals surface area contributed by atoms with Crippen LogP contribution in [0.15, 0.2) is 24.3 Å². The SMILES string of the molecule is Cc1cc(C(=O)N2CC[C@@]3(C)c4cccc(O)c4C[C@H]2C3(C)C)nn1C. The number of nitrogens with zero attached hydrogens (tertiary/aromatic N) is 3. The number of aryl methyl sites for hydroxylation is 2. The van der Waals surface area contributed by atoms with Gasteiger partial charge in [0.05, 0.1) is 0 Å². The van der Waals surface area contributed by atoms with Crippen molar-refractivity contribution in [1.82, 2.24) is 14.7 Å². The highest BCUT2D eigenvalue weighted by atomic mass is 16.3. The van der Waals surface area contributed by atoms with E-state index in [2.05, 4.69) is 31.9 Å². The first-order valence-electron chi connectivity index (χ1n) is 9.30. The third kappa shape index (κ3) is 2.09. The molecular formula is C21H27N3O2. The van der Waals surface area contributed by atoms with E-state index < -0.39 is 0 Å². The average molecular weight is 353 g/mol. The molecule has 26 heavy (non-hydrogen) atoms. The Kier molecular flexibility index (Phi) is 3.52. The molecule has 0 spiro atoms. The molecule has 2 heterocycles. The summed E-state index contributed by atoms with van der Waals surface area (Å²) in [5.74, 6) is 0.338. The molecule has 5 nitrogen and oxygen atoms in total. The van der Waals surface area contributed by atoms with Gasteiger partial charge in [-0.3, -0.25) is 9.48 Å². The number of hydrogen-bond acceptors (Lipinski definition) is 3. The number of benzene rings is 1. The monoisotopic (exact) mass is 353 g/mol. The molecule has 1 aliphatic heterocycles. The molecule has 138 valence electrons. The lowest BCUT2D eigenvalue weighted by Gasteiger charge is -2.60. The molecule has 2 aromatic rings. The molecule has 2 atom stereocenters. The number of hydrogen-bond donors (Lipinski definition) is 1. The second-order valence-corrected chi connectivity index (χ2v) is 8.62. The number of piperidine rings is 1. The van der Waals surface area contributed by atoms with E-state index >= 15 is 0 Å². The Balaban J connectivity index is 1.79. The number of fused-ring (bicyclic) bond motifs is 4. The molecule has 4 rings (SSSR count). The van der Waals surface area contributed by atoms with Crippen molar-refractivity contribution in [2.45, 2.75) is 52.0 Å². The molecule has 1 aliphatic carbocycles. The largest absolute Gasteiger partial charge is 0.508 e. The zero-order valence-electron chi connectivity index (χ0n) is 16.2. The molecule has 0 unspecified atom stereocenters. The number of amides is 1. The molecule has 1 N–H and O–H groups in total. The van der Waals surface area contributed by atoms with Gasteiger partial charge >= 0.3 is 0 Å². The summed E-state index contributed by atoms with van der Waals surface area (Å²) in [7, 11) is 1.86. The Morgan fingerprint density at radius 1 is 1.31 bits per heavy atom. The fraction of sp³-hybridized carbons (Fsp3) is 0.524. The quantitative estimate of drug-likeness (QED) is 0.856. The molecule has 1 aromatic heterocycles. The normalized spacial score (nSPS) is 26.5. The Bertz CT molecular complexity index is 879. The number of rotatable bonds is 1. The van der Waals surface area contributed by atoms with Crippen LogP contribution in [0.5, 0.6) is 5.75 Å². The zero-order valence-corrected chi connectivity index (χ0v) is 16.2. The molecule has 2 bridgehead atoms. The predicted molar refractivity (Wildman–Crippen MR) is 100 cm³/mol. The zero-order chi connectivity index (χ0) is 18.9. The summed E-state index contributed by atoms with van der Waals surface area (Å²) in [6.45, 7) is 9.47. The first-order chi connectivity index (χ1) is 12.2. The third-order valence-corrected chi connectivity index (χ3v) is 7.22. The molecule has 1 fully saturated rings. The second kappa shape index (κ2) is 5.35. The molecule has 0 saturated carbocycles. The minimum Gasteiger partial charge on any atom is -0.508 e. The lowest BCUT2D eigenvalue weighted by molar-refractivity contribution is -0.0269. The molecule has 1 amide bonds. The number of carbonyl (C=O) groups excluding carboxylic acids is 1. The fourth-order valence-electron chi connectivity index (χ4n) is 4.98. The summed E-state index contributed by atoms with van der Waals surface area (Å²) < 4.78 is 1.74. The Hall–Kier alpha value is -2.30. The highest BCUT2D eigenvalue weighted by Crippen LogP contribution is 2.57. The summed E-state index contributed by atoms with van der Waals surface area (Å²) in [6, 6.07) is 7.73. The highest BCUT2D eigenvalue weighted by Gasteiger charge is 2.57. The molecular weight excluding hydrogens is 326 g/mol. The topological polar surface area (TPSA) is 58.4 Å². The van der Waals surface area contributed by atoms with Crippen LogP contribution in [0.1, 0.15) is 54.5 Å². The maximum Gasteiger partial charge on any atom is 0.274 e. The Labute approximate surface area is 154 Å². The van der Waals surface area contributed by atoms with Crippen molar-refractivity contribution < 1.29 is 9.90 Å². The van der Waals surface area contributed by atoms with Gasteiger partial charge in [0, 0.05) is 30.7 Å². The second-order valence-electron chi connectivity index (χ2n) is 8.62. The van der Waals surface area contributed by atoms with E-state index in [9.17, 15) is 9.90 Å². The molecule has 0 radical (unpaired) electrons. The number of carbonyl (C=O) groups is 1. The maximum absolute atomic E-state index is 13.2. The number of likely N-dealkylation sites (tertiary alicyclic amines) is 1. The molecule has 5 heteroatoms. The van der Waals surface area contributed by atoms with E-state index in [-0.39, 0.29) is 22.8 Å². The summed E-state index contributed by atoms with van der Waals surface area (Å²) in [6.07, 6.45) is 1.56. The van der Waals surface area contributed by atoms with Gasteiger partial charge in [0.15, 0.2) is 5.69 Å². The van der Waals surface area contributed by atoms with Crippen LogP contribution in [0, 0.1) is 12.3 Å². The van der Waals surface area contributed by atoms with Gasteiger partial charge in [-0.2, -0.15) is 5.10 Å². The fourth-order valence-corrected chi connectivity index (χ4v) is 4.98. The van der Waals surface area contributed by atoms with Crippen molar-refractivity contribution in [2.75, 3.05) is 6.54 Å².